The SMILES string of the molecule is O=C(Cc1cccc(C(F)(F)F)c1)NCc1ccccc1Cn1cccn1. The molecule has 1 heterocycles. The number of carbonyl (C=O) groups is 1. The predicted octanol–water partition coefficient (Wildman–Crippen LogP) is 3.81. The maximum Gasteiger partial charge on any atom is 0.416 e. The fraction of sp³-hybridized carbons (Fsp3) is 0.200. The molecule has 0 bridgehead atoms. The van der Waals surface area contributed by atoms with Crippen LogP contribution in [0.3, 0.4) is 0 Å². The Labute approximate surface area is 154 Å². The third-order valence-corrected chi connectivity index (χ3v) is 4.10. The van der Waals surface area contributed by atoms with Crippen molar-refractivity contribution in [3.05, 3.63) is 89.2 Å². The zero-order chi connectivity index (χ0) is 19.3. The van der Waals surface area contributed by atoms with E-state index in [0.29, 0.717) is 18.7 Å². The number of alkyl halides is 3. The van der Waals surface area contributed by atoms with Gasteiger partial charge in [0.1, 0.15) is 0 Å². The molecule has 140 valence electrons. The zero-order valence-corrected chi connectivity index (χ0v) is 14.4. The third kappa shape index (κ3) is 5.20. The molecule has 2 aromatic carbocycles. The van der Waals surface area contributed by atoms with E-state index >= 15 is 0 Å². The Hall–Kier alpha value is -3.09. The molecule has 0 fully saturated rings. The highest BCUT2D eigenvalue weighted by atomic mass is 19.4. The van der Waals surface area contributed by atoms with Crippen molar-refractivity contribution < 1.29 is 18.0 Å². The van der Waals surface area contributed by atoms with Gasteiger partial charge in [-0.25, -0.2) is 0 Å². The van der Waals surface area contributed by atoms with Crippen LogP contribution in [0.1, 0.15) is 22.3 Å². The van der Waals surface area contributed by atoms with Crippen molar-refractivity contribution in [3.63, 3.8) is 0 Å². The molecule has 7 heteroatoms. The first kappa shape index (κ1) is 18.7. The smallest absolute Gasteiger partial charge is 0.352 e. The Morgan fingerprint density at radius 3 is 2.52 bits per heavy atom. The summed E-state index contributed by atoms with van der Waals surface area (Å²) in [5.74, 6) is -0.330. The Bertz CT molecular complexity index is 905. The number of hydrogen-bond acceptors (Lipinski definition) is 2. The summed E-state index contributed by atoms with van der Waals surface area (Å²) in [5, 5.41) is 6.94. The van der Waals surface area contributed by atoms with Crippen LogP contribution in [0.25, 0.3) is 0 Å². The van der Waals surface area contributed by atoms with Gasteiger partial charge in [-0.1, -0.05) is 42.5 Å². The molecule has 1 aromatic heterocycles. The number of amides is 1. The minimum Gasteiger partial charge on any atom is -0.352 e. The molecule has 27 heavy (non-hydrogen) atoms. The van der Waals surface area contributed by atoms with Crippen LogP contribution in [0.5, 0.6) is 0 Å². The van der Waals surface area contributed by atoms with Crippen LogP contribution in [0.2, 0.25) is 0 Å². The first-order valence-electron chi connectivity index (χ1n) is 8.39. The molecule has 0 aliphatic carbocycles. The first-order chi connectivity index (χ1) is 12.9. The van der Waals surface area contributed by atoms with Gasteiger partial charge in [0.05, 0.1) is 18.5 Å². The largest absolute Gasteiger partial charge is 0.416 e. The van der Waals surface area contributed by atoms with Gasteiger partial charge in [0.15, 0.2) is 0 Å². The van der Waals surface area contributed by atoms with E-state index in [2.05, 4.69) is 10.4 Å². The van der Waals surface area contributed by atoms with Gasteiger partial charge in [-0.3, -0.25) is 9.48 Å². The van der Waals surface area contributed by atoms with Crippen LogP contribution in [-0.2, 0) is 30.5 Å². The lowest BCUT2D eigenvalue weighted by molar-refractivity contribution is -0.137. The van der Waals surface area contributed by atoms with Gasteiger partial charge in [-0.05, 0) is 28.8 Å². The van der Waals surface area contributed by atoms with Gasteiger partial charge < -0.3 is 5.32 Å². The number of halogens is 3. The Morgan fingerprint density at radius 1 is 1.04 bits per heavy atom. The monoisotopic (exact) mass is 373 g/mol. The van der Waals surface area contributed by atoms with Gasteiger partial charge in [0.25, 0.3) is 0 Å². The normalized spacial score (nSPS) is 11.4. The maximum atomic E-state index is 12.8. The summed E-state index contributed by atoms with van der Waals surface area (Å²) in [4.78, 5) is 12.2. The van der Waals surface area contributed by atoms with Crippen molar-refractivity contribution >= 4 is 5.91 Å². The molecule has 0 radical (unpaired) electrons. The third-order valence-electron chi connectivity index (χ3n) is 4.10. The van der Waals surface area contributed by atoms with Crippen LogP contribution in [0.15, 0.2) is 67.0 Å². The standard InChI is InChI=1S/C20H18F3N3O/c21-20(22,23)18-8-3-5-15(11-18)12-19(27)24-13-16-6-1-2-7-17(16)14-26-10-4-9-25-26/h1-11H,12-14H2,(H,24,27). The number of benzene rings is 2. The lowest BCUT2D eigenvalue weighted by Crippen LogP contribution is -2.25. The van der Waals surface area contributed by atoms with Gasteiger partial charge in [-0.15, -0.1) is 0 Å². The highest BCUT2D eigenvalue weighted by Gasteiger charge is 2.30. The van der Waals surface area contributed by atoms with Crippen molar-refractivity contribution in [1.82, 2.24) is 15.1 Å². The molecule has 1 amide bonds. The Balaban J connectivity index is 1.62. The van der Waals surface area contributed by atoms with Crippen molar-refractivity contribution in [1.29, 1.82) is 0 Å². The number of rotatable bonds is 6. The molecule has 0 unspecified atom stereocenters. The highest BCUT2D eigenvalue weighted by Crippen LogP contribution is 2.29. The summed E-state index contributed by atoms with van der Waals surface area (Å²) in [6.45, 7) is 0.877. The van der Waals surface area contributed by atoms with Crippen LogP contribution < -0.4 is 5.32 Å². The van der Waals surface area contributed by atoms with Crippen LogP contribution >= 0.6 is 0 Å². The molecule has 0 aliphatic rings. The predicted molar refractivity (Wildman–Crippen MR) is 94.8 cm³/mol. The van der Waals surface area contributed by atoms with E-state index in [1.54, 1.807) is 10.9 Å². The van der Waals surface area contributed by atoms with Crippen molar-refractivity contribution in [2.75, 3.05) is 0 Å². The van der Waals surface area contributed by atoms with E-state index in [1.165, 1.54) is 12.1 Å². The Kier molecular flexibility index (Phi) is 5.59. The van der Waals surface area contributed by atoms with E-state index in [1.807, 2.05) is 36.5 Å². The lowest BCUT2D eigenvalue weighted by atomic mass is 10.1. The van der Waals surface area contributed by atoms with Gasteiger partial charge in [-0.2, -0.15) is 18.3 Å². The molecular weight excluding hydrogens is 355 g/mol. The highest BCUT2D eigenvalue weighted by molar-refractivity contribution is 5.78. The molecular formula is C20H18F3N3O. The van der Waals surface area contributed by atoms with E-state index in [-0.39, 0.29) is 12.3 Å². The first-order valence-corrected chi connectivity index (χ1v) is 8.39. The quantitative estimate of drug-likeness (QED) is 0.714. The number of carbonyl (C=O) groups excluding carboxylic acids is 1. The number of nitrogens with zero attached hydrogens (tertiary/aromatic N) is 2. The van der Waals surface area contributed by atoms with E-state index in [9.17, 15) is 18.0 Å². The van der Waals surface area contributed by atoms with Crippen molar-refractivity contribution in [3.8, 4) is 0 Å². The zero-order valence-electron chi connectivity index (χ0n) is 14.4. The number of nitrogens with one attached hydrogen (secondary N) is 1. The summed E-state index contributed by atoms with van der Waals surface area (Å²) in [6, 6.07) is 14.3. The second-order valence-corrected chi connectivity index (χ2v) is 6.12. The van der Waals surface area contributed by atoms with Gasteiger partial charge in [0.2, 0.25) is 5.91 Å². The van der Waals surface area contributed by atoms with E-state index in [4.69, 9.17) is 0 Å². The topological polar surface area (TPSA) is 46.9 Å². The minimum atomic E-state index is -4.42. The number of hydrogen-bond donors (Lipinski definition) is 1. The summed E-state index contributed by atoms with van der Waals surface area (Å²) >= 11 is 0. The fourth-order valence-electron chi connectivity index (χ4n) is 2.75. The molecule has 0 aliphatic heterocycles. The Morgan fingerprint density at radius 2 is 1.81 bits per heavy atom. The molecule has 1 N–H and O–H groups in total. The van der Waals surface area contributed by atoms with E-state index < -0.39 is 11.7 Å². The summed E-state index contributed by atoms with van der Waals surface area (Å²) < 4.78 is 40.1. The average Bonchev–Trinajstić information content (AvgIpc) is 3.14. The van der Waals surface area contributed by atoms with Crippen LogP contribution in [0.4, 0.5) is 13.2 Å². The summed E-state index contributed by atoms with van der Waals surface area (Å²) in [6.07, 6.45) is -0.981. The summed E-state index contributed by atoms with van der Waals surface area (Å²) in [7, 11) is 0. The van der Waals surface area contributed by atoms with Crippen molar-refractivity contribution in [2.24, 2.45) is 0 Å². The van der Waals surface area contributed by atoms with Gasteiger partial charge >= 0.3 is 6.18 Å². The molecule has 3 aromatic rings. The maximum absolute atomic E-state index is 12.8. The van der Waals surface area contributed by atoms with Crippen LogP contribution in [-0.4, -0.2) is 15.7 Å². The van der Waals surface area contributed by atoms with Gasteiger partial charge in [0, 0.05) is 18.9 Å². The molecule has 3 rings (SSSR count). The molecule has 4 nitrogen and oxygen atoms in total. The molecule has 0 saturated heterocycles. The van der Waals surface area contributed by atoms with Crippen LogP contribution in [0, 0.1) is 0 Å². The van der Waals surface area contributed by atoms with Crippen molar-refractivity contribution in [2.45, 2.75) is 25.7 Å². The second-order valence-electron chi connectivity index (χ2n) is 6.12. The fourth-order valence-corrected chi connectivity index (χ4v) is 2.75. The molecule has 0 spiro atoms. The minimum absolute atomic E-state index is 0.106. The lowest BCUT2D eigenvalue weighted by Gasteiger charge is -2.12. The number of aromatic nitrogens is 2. The second kappa shape index (κ2) is 8.07. The summed E-state index contributed by atoms with van der Waals surface area (Å²) in [5.41, 5.74) is 1.52. The molecule has 0 atom stereocenters. The molecule has 0 saturated carbocycles. The van der Waals surface area contributed by atoms with E-state index in [0.717, 1.165) is 23.3 Å². The average molecular weight is 373 g/mol.